The number of carbonyl (C=O) groups excluding carboxylic acids is 1. The molecular formula is C7H13F3N2O. The number of halogens is 3. The summed E-state index contributed by atoms with van der Waals surface area (Å²) in [6.07, 6.45) is -4.79. The summed E-state index contributed by atoms with van der Waals surface area (Å²) in [5.41, 5.74) is 0. The number of rotatable bonds is 4. The molecule has 0 aromatic rings. The molecule has 0 aliphatic heterocycles. The van der Waals surface area contributed by atoms with E-state index in [0.717, 1.165) is 0 Å². The Hall–Kier alpha value is -0.780. The minimum atomic E-state index is -4.79. The summed E-state index contributed by atoms with van der Waals surface area (Å²) in [7, 11) is 0. The van der Waals surface area contributed by atoms with Gasteiger partial charge in [-0.3, -0.25) is 4.79 Å². The van der Waals surface area contributed by atoms with Crippen molar-refractivity contribution in [1.82, 2.24) is 10.6 Å². The largest absolute Gasteiger partial charge is 0.471 e. The van der Waals surface area contributed by atoms with Gasteiger partial charge in [0.05, 0.1) is 0 Å². The topological polar surface area (TPSA) is 41.1 Å². The van der Waals surface area contributed by atoms with Crippen molar-refractivity contribution in [2.75, 3.05) is 13.1 Å². The molecule has 1 atom stereocenters. The van der Waals surface area contributed by atoms with Gasteiger partial charge in [-0.05, 0) is 13.5 Å². The van der Waals surface area contributed by atoms with Crippen molar-refractivity contribution in [1.29, 1.82) is 0 Å². The van der Waals surface area contributed by atoms with E-state index in [0.29, 0.717) is 6.54 Å². The number of hydrogen-bond acceptors (Lipinski definition) is 2. The van der Waals surface area contributed by atoms with Gasteiger partial charge in [0, 0.05) is 12.6 Å². The first-order valence-electron chi connectivity index (χ1n) is 3.96. The number of hydrogen-bond donors (Lipinski definition) is 2. The Bertz CT molecular complexity index is 170. The quantitative estimate of drug-likeness (QED) is 0.696. The van der Waals surface area contributed by atoms with Gasteiger partial charge in [-0.2, -0.15) is 13.2 Å². The van der Waals surface area contributed by atoms with Gasteiger partial charge in [0.15, 0.2) is 0 Å². The van der Waals surface area contributed by atoms with Crippen LogP contribution >= 0.6 is 0 Å². The van der Waals surface area contributed by atoms with Gasteiger partial charge < -0.3 is 10.6 Å². The molecule has 0 spiro atoms. The Labute approximate surface area is 74.7 Å². The van der Waals surface area contributed by atoms with E-state index in [1.54, 1.807) is 12.2 Å². The van der Waals surface area contributed by atoms with E-state index in [2.05, 4.69) is 5.32 Å². The number of likely N-dealkylation sites (N-methyl/N-ethyl adjacent to an activating group) is 1. The average molecular weight is 198 g/mol. The smallest absolute Gasteiger partial charge is 0.347 e. The molecule has 0 radical (unpaired) electrons. The van der Waals surface area contributed by atoms with Gasteiger partial charge in [-0.25, -0.2) is 0 Å². The first-order valence-corrected chi connectivity index (χ1v) is 3.96. The van der Waals surface area contributed by atoms with E-state index in [4.69, 9.17) is 0 Å². The molecule has 0 fully saturated rings. The van der Waals surface area contributed by atoms with Gasteiger partial charge >= 0.3 is 12.1 Å². The second-order valence-electron chi connectivity index (χ2n) is 2.67. The predicted octanol–water partition coefficient (Wildman–Crippen LogP) is 0.663. The van der Waals surface area contributed by atoms with Crippen molar-refractivity contribution >= 4 is 5.91 Å². The summed E-state index contributed by atoms with van der Waals surface area (Å²) in [5.74, 6) is -1.89. The summed E-state index contributed by atoms with van der Waals surface area (Å²) in [5, 5.41) is 4.65. The third-order valence-electron chi connectivity index (χ3n) is 1.38. The molecule has 3 nitrogen and oxygen atoms in total. The molecular weight excluding hydrogens is 185 g/mol. The molecule has 0 unspecified atom stereocenters. The third-order valence-corrected chi connectivity index (χ3v) is 1.38. The number of alkyl halides is 3. The van der Waals surface area contributed by atoms with E-state index in [1.807, 2.05) is 6.92 Å². The summed E-state index contributed by atoms with van der Waals surface area (Å²) in [6.45, 7) is 4.16. The van der Waals surface area contributed by atoms with Crippen molar-refractivity contribution < 1.29 is 18.0 Å². The summed E-state index contributed by atoms with van der Waals surface area (Å²) < 4.78 is 35.0. The van der Waals surface area contributed by atoms with Crippen LogP contribution in [-0.2, 0) is 4.79 Å². The standard InChI is InChI=1S/C7H13F3N2O/c1-3-11-5(2)4-12-6(13)7(8,9)10/h5,11H,3-4H2,1-2H3,(H,12,13)/t5-/m1/s1. The van der Waals surface area contributed by atoms with Crippen LogP contribution in [0, 0.1) is 0 Å². The minimum Gasteiger partial charge on any atom is -0.347 e. The Morgan fingerprint density at radius 1 is 1.46 bits per heavy atom. The molecule has 0 rings (SSSR count). The Morgan fingerprint density at radius 2 is 2.00 bits per heavy atom. The minimum absolute atomic E-state index is 0.0216. The van der Waals surface area contributed by atoms with Crippen LogP contribution in [0.25, 0.3) is 0 Å². The highest BCUT2D eigenvalue weighted by Gasteiger charge is 2.38. The first-order chi connectivity index (χ1) is 5.88. The highest BCUT2D eigenvalue weighted by molar-refractivity contribution is 5.81. The van der Waals surface area contributed by atoms with E-state index in [9.17, 15) is 18.0 Å². The maximum absolute atomic E-state index is 11.7. The van der Waals surface area contributed by atoms with Gasteiger partial charge in [0.2, 0.25) is 0 Å². The van der Waals surface area contributed by atoms with Crippen molar-refractivity contribution in [3.63, 3.8) is 0 Å². The predicted molar refractivity (Wildman–Crippen MR) is 42.2 cm³/mol. The lowest BCUT2D eigenvalue weighted by Crippen LogP contribution is -2.44. The number of carbonyl (C=O) groups is 1. The number of amides is 1. The monoisotopic (exact) mass is 198 g/mol. The lowest BCUT2D eigenvalue weighted by atomic mass is 10.3. The molecule has 6 heteroatoms. The fourth-order valence-corrected chi connectivity index (χ4v) is 0.767. The van der Waals surface area contributed by atoms with Crippen LogP contribution in [0.2, 0.25) is 0 Å². The molecule has 0 saturated carbocycles. The van der Waals surface area contributed by atoms with Gasteiger partial charge in [0.25, 0.3) is 0 Å². The normalized spacial score (nSPS) is 13.9. The molecule has 78 valence electrons. The zero-order valence-corrected chi connectivity index (χ0v) is 7.53. The SMILES string of the molecule is CCN[C@H](C)CNC(=O)C(F)(F)F. The van der Waals surface area contributed by atoms with Crippen molar-refractivity contribution in [2.24, 2.45) is 0 Å². The summed E-state index contributed by atoms with van der Waals surface area (Å²) in [4.78, 5) is 10.3. The molecule has 1 amide bonds. The Balaban J connectivity index is 3.71. The fourth-order valence-electron chi connectivity index (χ4n) is 0.767. The van der Waals surface area contributed by atoms with Crippen LogP contribution in [0.1, 0.15) is 13.8 Å². The van der Waals surface area contributed by atoms with Crippen LogP contribution in [0.5, 0.6) is 0 Å². The lowest BCUT2D eigenvalue weighted by molar-refractivity contribution is -0.173. The zero-order valence-electron chi connectivity index (χ0n) is 7.53. The van der Waals surface area contributed by atoms with Crippen LogP contribution in [0.15, 0.2) is 0 Å². The van der Waals surface area contributed by atoms with Crippen LogP contribution in [0.3, 0.4) is 0 Å². The first kappa shape index (κ1) is 12.2. The Morgan fingerprint density at radius 3 is 2.38 bits per heavy atom. The van der Waals surface area contributed by atoms with Crippen molar-refractivity contribution in [2.45, 2.75) is 26.1 Å². The molecule has 0 saturated heterocycles. The molecule has 0 bridgehead atoms. The van der Waals surface area contributed by atoms with E-state index in [-0.39, 0.29) is 12.6 Å². The second-order valence-corrected chi connectivity index (χ2v) is 2.67. The van der Waals surface area contributed by atoms with E-state index in [1.165, 1.54) is 0 Å². The molecule has 0 heterocycles. The third kappa shape index (κ3) is 5.46. The highest BCUT2D eigenvalue weighted by atomic mass is 19.4. The molecule has 0 aliphatic carbocycles. The fraction of sp³-hybridized carbons (Fsp3) is 0.857. The van der Waals surface area contributed by atoms with E-state index >= 15 is 0 Å². The molecule has 0 aromatic carbocycles. The average Bonchev–Trinajstić information content (AvgIpc) is 1.99. The Kier molecular flexibility index (Phi) is 4.76. The van der Waals surface area contributed by atoms with Gasteiger partial charge in [-0.1, -0.05) is 6.92 Å². The van der Waals surface area contributed by atoms with Gasteiger partial charge in [-0.15, -0.1) is 0 Å². The van der Waals surface area contributed by atoms with Crippen LogP contribution < -0.4 is 10.6 Å². The molecule has 0 aromatic heterocycles. The lowest BCUT2D eigenvalue weighted by Gasteiger charge is -2.13. The second kappa shape index (κ2) is 5.06. The number of nitrogens with one attached hydrogen (secondary N) is 2. The zero-order chi connectivity index (χ0) is 10.5. The van der Waals surface area contributed by atoms with E-state index < -0.39 is 12.1 Å². The van der Waals surface area contributed by atoms with Crippen LogP contribution in [0.4, 0.5) is 13.2 Å². The van der Waals surface area contributed by atoms with Gasteiger partial charge in [0.1, 0.15) is 0 Å². The summed E-state index contributed by atoms with van der Waals surface area (Å²) >= 11 is 0. The molecule has 2 N–H and O–H groups in total. The maximum Gasteiger partial charge on any atom is 0.471 e. The highest BCUT2D eigenvalue weighted by Crippen LogP contribution is 2.13. The molecule has 13 heavy (non-hydrogen) atoms. The molecule has 0 aliphatic rings. The van der Waals surface area contributed by atoms with Crippen molar-refractivity contribution in [3.05, 3.63) is 0 Å². The maximum atomic E-state index is 11.7. The van der Waals surface area contributed by atoms with Crippen molar-refractivity contribution in [3.8, 4) is 0 Å². The van der Waals surface area contributed by atoms with Crippen LogP contribution in [-0.4, -0.2) is 31.2 Å². The summed E-state index contributed by atoms with van der Waals surface area (Å²) in [6, 6.07) is -0.156.